The number of aryl methyl sites for hydroxylation is 1. The second-order valence-corrected chi connectivity index (χ2v) is 10.9. The van der Waals surface area contributed by atoms with Crippen molar-refractivity contribution >= 4 is 0 Å². The predicted octanol–water partition coefficient (Wildman–Crippen LogP) is 11.9. The average Bonchev–Trinajstić information content (AvgIpc) is 2.95. The Morgan fingerprint density at radius 2 is 0.947 bits per heavy atom. The van der Waals surface area contributed by atoms with Crippen molar-refractivity contribution in [2.75, 3.05) is 0 Å². The van der Waals surface area contributed by atoms with E-state index in [4.69, 9.17) is 0 Å². The normalized spacial score (nSPS) is 11.3. The second-order valence-electron chi connectivity index (χ2n) is 10.9. The lowest BCUT2D eigenvalue weighted by Gasteiger charge is -2.16. The van der Waals surface area contributed by atoms with Gasteiger partial charge in [0.15, 0.2) is 11.6 Å². The molecule has 38 heavy (non-hydrogen) atoms. The Bertz CT molecular complexity index is 1050. The summed E-state index contributed by atoms with van der Waals surface area (Å²) in [4.78, 5) is 0. The van der Waals surface area contributed by atoms with Gasteiger partial charge < -0.3 is 0 Å². The molecule has 0 unspecified atom stereocenters. The van der Waals surface area contributed by atoms with Gasteiger partial charge in [0.25, 0.3) is 0 Å². The van der Waals surface area contributed by atoms with E-state index < -0.39 is 11.6 Å². The minimum absolute atomic E-state index is 0.388. The summed E-state index contributed by atoms with van der Waals surface area (Å²) in [6.45, 7) is 4.45. The van der Waals surface area contributed by atoms with Crippen LogP contribution >= 0.6 is 0 Å². The molecule has 0 fully saturated rings. The third-order valence-electron chi connectivity index (χ3n) is 7.78. The van der Waals surface area contributed by atoms with Crippen molar-refractivity contribution in [3.63, 3.8) is 0 Å². The molecule has 0 heterocycles. The van der Waals surface area contributed by atoms with Gasteiger partial charge in [-0.25, -0.2) is 8.78 Å². The summed E-state index contributed by atoms with van der Waals surface area (Å²) in [6, 6.07) is 19.9. The second kappa shape index (κ2) is 17.2. The monoisotopic (exact) mass is 518 g/mol. The minimum Gasteiger partial charge on any atom is -0.203 e. The van der Waals surface area contributed by atoms with Crippen LogP contribution in [-0.2, 0) is 12.8 Å². The van der Waals surface area contributed by atoms with Crippen LogP contribution in [0.15, 0.2) is 60.7 Å². The summed E-state index contributed by atoms with van der Waals surface area (Å²) >= 11 is 0. The van der Waals surface area contributed by atoms with Crippen LogP contribution in [0.5, 0.6) is 0 Å². The average molecular weight is 519 g/mol. The fourth-order valence-corrected chi connectivity index (χ4v) is 5.42. The lowest BCUT2D eigenvalue weighted by molar-refractivity contribution is 0.493. The first-order valence-corrected chi connectivity index (χ1v) is 15.3. The molecule has 3 aromatic carbocycles. The molecule has 0 N–H and O–H groups in total. The van der Waals surface area contributed by atoms with Gasteiger partial charge in [-0.1, -0.05) is 145 Å². The highest BCUT2D eigenvalue weighted by Gasteiger charge is 2.19. The maximum atomic E-state index is 15.5. The highest BCUT2D eigenvalue weighted by Crippen LogP contribution is 2.32. The molecule has 0 aliphatic rings. The maximum Gasteiger partial charge on any atom is 0.166 e. The zero-order chi connectivity index (χ0) is 27.0. The molecule has 206 valence electrons. The SMILES string of the molecule is CCCCCCCCCCCCc1c(CCCCCC)cc(-c2ccc(-c3ccccc3)cc2)c(F)c1F. The van der Waals surface area contributed by atoms with Gasteiger partial charge in [-0.2, -0.15) is 0 Å². The fraction of sp³-hybridized carbons (Fsp3) is 0.500. The molecule has 0 nitrogen and oxygen atoms in total. The van der Waals surface area contributed by atoms with Crippen LogP contribution < -0.4 is 0 Å². The summed E-state index contributed by atoms with van der Waals surface area (Å²) in [5, 5.41) is 0. The van der Waals surface area contributed by atoms with Gasteiger partial charge >= 0.3 is 0 Å². The minimum atomic E-state index is -0.697. The molecule has 0 bridgehead atoms. The zero-order valence-corrected chi connectivity index (χ0v) is 23.8. The first-order chi connectivity index (χ1) is 18.7. The summed E-state index contributed by atoms with van der Waals surface area (Å²) < 4.78 is 31.0. The lowest BCUT2D eigenvalue weighted by atomic mass is 9.91. The number of halogens is 2. The molecule has 3 aromatic rings. The fourth-order valence-electron chi connectivity index (χ4n) is 5.42. The van der Waals surface area contributed by atoms with E-state index in [0.717, 1.165) is 54.4 Å². The number of unbranched alkanes of at least 4 members (excludes halogenated alkanes) is 12. The molecule has 0 saturated carbocycles. The van der Waals surface area contributed by atoms with E-state index in [-0.39, 0.29) is 0 Å². The van der Waals surface area contributed by atoms with Crippen LogP contribution in [-0.4, -0.2) is 0 Å². The van der Waals surface area contributed by atoms with E-state index in [2.05, 4.69) is 26.0 Å². The van der Waals surface area contributed by atoms with Crippen LogP contribution in [0.3, 0.4) is 0 Å². The van der Waals surface area contributed by atoms with E-state index in [9.17, 15) is 0 Å². The molecule has 3 rings (SSSR count). The van der Waals surface area contributed by atoms with Crippen LogP contribution in [0, 0.1) is 11.6 Å². The van der Waals surface area contributed by atoms with Gasteiger partial charge in [0, 0.05) is 5.56 Å². The van der Waals surface area contributed by atoms with Crippen molar-refractivity contribution in [1.82, 2.24) is 0 Å². The molecule has 0 amide bonds. The van der Waals surface area contributed by atoms with Gasteiger partial charge in [-0.3, -0.25) is 0 Å². The van der Waals surface area contributed by atoms with Crippen LogP contribution in [0.2, 0.25) is 0 Å². The first-order valence-electron chi connectivity index (χ1n) is 15.3. The molecule has 0 aromatic heterocycles. The third-order valence-corrected chi connectivity index (χ3v) is 7.78. The Kier molecular flexibility index (Phi) is 13.6. The number of rotatable bonds is 18. The molecule has 0 aliphatic carbocycles. The van der Waals surface area contributed by atoms with E-state index >= 15 is 8.78 Å². The quantitative estimate of drug-likeness (QED) is 0.147. The molecular formula is C36H48F2. The Labute approximate surface area is 230 Å². The summed E-state index contributed by atoms with van der Waals surface area (Å²) in [7, 11) is 0. The van der Waals surface area contributed by atoms with Gasteiger partial charge in [-0.15, -0.1) is 0 Å². The molecule has 0 atom stereocenters. The summed E-state index contributed by atoms with van der Waals surface area (Å²) in [6.07, 6.45) is 18.4. The largest absolute Gasteiger partial charge is 0.203 e. The van der Waals surface area contributed by atoms with Crippen molar-refractivity contribution in [2.24, 2.45) is 0 Å². The Hall–Kier alpha value is -2.48. The molecule has 2 heteroatoms. The molecule has 0 saturated heterocycles. The standard InChI is InChI=1S/C36H48F2/c1-3-5-7-9-10-11-12-13-14-19-23-33-32(22-16-8-6-4-2)28-34(36(38)35(33)37)31-26-24-30(25-27-31)29-20-17-15-18-21-29/h15,17-18,20-21,24-28H,3-14,16,19,22-23H2,1-2H3. The number of hydrogen-bond donors (Lipinski definition) is 0. The highest BCUT2D eigenvalue weighted by molar-refractivity contribution is 5.71. The van der Waals surface area contributed by atoms with Crippen molar-refractivity contribution in [3.05, 3.63) is 83.4 Å². The Morgan fingerprint density at radius 3 is 1.55 bits per heavy atom. The van der Waals surface area contributed by atoms with E-state index in [1.807, 2.05) is 48.5 Å². The van der Waals surface area contributed by atoms with Gasteiger partial charge in [-0.05, 0) is 59.6 Å². The van der Waals surface area contributed by atoms with Crippen LogP contribution in [0.1, 0.15) is 115 Å². The smallest absolute Gasteiger partial charge is 0.166 e. The van der Waals surface area contributed by atoms with Gasteiger partial charge in [0.2, 0.25) is 0 Å². The van der Waals surface area contributed by atoms with Crippen molar-refractivity contribution in [1.29, 1.82) is 0 Å². The summed E-state index contributed by atoms with van der Waals surface area (Å²) in [5.41, 5.74) is 4.93. The molecule has 0 spiro atoms. The lowest BCUT2D eigenvalue weighted by Crippen LogP contribution is -2.04. The molecule has 0 aliphatic heterocycles. The number of hydrogen-bond acceptors (Lipinski definition) is 0. The van der Waals surface area contributed by atoms with E-state index in [1.54, 1.807) is 0 Å². The van der Waals surface area contributed by atoms with Gasteiger partial charge in [0.1, 0.15) is 0 Å². The zero-order valence-electron chi connectivity index (χ0n) is 23.8. The Balaban J connectivity index is 1.67. The van der Waals surface area contributed by atoms with E-state index in [0.29, 0.717) is 17.5 Å². The predicted molar refractivity (Wildman–Crippen MR) is 161 cm³/mol. The third kappa shape index (κ3) is 9.37. The van der Waals surface area contributed by atoms with E-state index in [1.165, 1.54) is 64.2 Å². The van der Waals surface area contributed by atoms with Crippen molar-refractivity contribution < 1.29 is 8.78 Å². The van der Waals surface area contributed by atoms with Crippen LogP contribution in [0.25, 0.3) is 22.3 Å². The molecular weight excluding hydrogens is 470 g/mol. The van der Waals surface area contributed by atoms with Crippen LogP contribution in [0.4, 0.5) is 8.78 Å². The van der Waals surface area contributed by atoms with Crippen molar-refractivity contribution in [3.8, 4) is 22.3 Å². The Morgan fingerprint density at radius 1 is 0.474 bits per heavy atom. The first kappa shape index (κ1) is 30.1. The summed E-state index contributed by atoms with van der Waals surface area (Å²) in [5.74, 6) is -1.33. The maximum absolute atomic E-state index is 15.5. The van der Waals surface area contributed by atoms with Crippen molar-refractivity contribution in [2.45, 2.75) is 117 Å². The molecule has 0 radical (unpaired) electrons. The highest BCUT2D eigenvalue weighted by atomic mass is 19.2. The van der Waals surface area contributed by atoms with Gasteiger partial charge in [0.05, 0.1) is 0 Å². The topological polar surface area (TPSA) is 0 Å². The number of benzene rings is 3.